The van der Waals surface area contributed by atoms with Crippen molar-refractivity contribution < 1.29 is 29.0 Å². The lowest BCUT2D eigenvalue weighted by atomic mass is 9.66. The van der Waals surface area contributed by atoms with Gasteiger partial charge in [0.15, 0.2) is 0 Å². The van der Waals surface area contributed by atoms with Crippen LogP contribution >= 0.6 is 0 Å². The third-order valence-corrected chi connectivity index (χ3v) is 7.11. The van der Waals surface area contributed by atoms with E-state index in [4.69, 9.17) is 9.47 Å². The van der Waals surface area contributed by atoms with Crippen LogP contribution in [0, 0.1) is 11.8 Å². The van der Waals surface area contributed by atoms with Crippen molar-refractivity contribution in [3.63, 3.8) is 0 Å². The van der Waals surface area contributed by atoms with Crippen molar-refractivity contribution >= 4 is 17.8 Å². The maximum absolute atomic E-state index is 13.8. The minimum atomic E-state index is -1.09. The van der Waals surface area contributed by atoms with Crippen molar-refractivity contribution in [1.29, 1.82) is 0 Å². The van der Waals surface area contributed by atoms with Crippen LogP contribution in [0.1, 0.15) is 46.0 Å². The van der Waals surface area contributed by atoms with Crippen LogP contribution in [0.3, 0.4) is 0 Å². The first kappa shape index (κ1) is 24.5. The summed E-state index contributed by atoms with van der Waals surface area (Å²) in [4.78, 5) is 43.5. The maximum atomic E-state index is 13.8. The zero-order valence-corrected chi connectivity index (χ0v) is 19.3. The Morgan fingerprint density at radius 3 is 2.72 bits per heavy atom. The van der Waals surface area contributed by atoms with Gasteiger partial charge in [0.2, 0.25) is 11.8 Å². The molecule has 178 valence electrons. The summed E-state index contributed by atoms with van der Waals surface area (Å²) in [5.41, 5.74) is -1.95. The van der Waals surface area contributed by atoms with Gasteiger partial charge in [0.05, 0.1) is 24.7 Å². The number of nitrogens with zero attached hydrogens (tertiary/aromatic N) is 2. The molecule has 0 aromatic carbocycles. The highest BCUT2D eigenvalue weighted by Crippen LogP contribution is 2.63. The molecule has 3 saturated heterocycles. The van der Waals surface area contributed by atoms with Crippen LogP contribution in [0.15, 0.2) is 25.3 Å². The summed E-state index contributed by atoms with van der Waals surface area (Å²) >= 11 is 0. The largest absolute Gasteiger partial charge is 0.465 e. The Hall–Kier alpha value is -2.19. The second kappa shape index (κ2) is 9.75. The molecule has 0 aromatic heterocycles. The molecule has 2 bridgehead atoms. The van der Waals surface area contributed by atoms with E-state index in [9.17, 15) is 19.5 Å². The van der Waals surface area contributed by atoms with E-state index in [1.165, 1.54) is 4.90 Å². The van der Waals surface area contributed by atoms with Gasteiger partial charge in [0.25, 0.3) is 0 Å². The molecule has 3 aliphatic heterocycles. The lowest BCUT2D eigenvalue weighted by Gasteiger charge is -2.36. The number of rotatable bonds is 12. The number of carbonyl (C=O) groups excluding carboxylic acids is 3. The van der Waals surface area contributed by atoms with Crippen LogP contribution in [0.2, 0.25) is 0 Å². The van der Waals surface area contributed by atoms with Gasteiger partial charge in [-0.3, -0.25) is 14.4 Å². The lowest BCUT2D eigenvalue weighted by Crippen LogP contribution is -2.56. The van der Waals surface area contributed by atoms with Crippen molar-refractivity contribution in [2.45, 2.75) is 63.2 Å². The van der Waals surface area contributed by atoms with E-state index in [2.05, 4.69) is 13.2 Å². The van der Waals surface area contributed by atoms with E-state index >= 15 is 0 Å². The highest BCUT2D eigenvalue weighted by molar-refractivity contribution is 5.98. The number of unbranched alkanes of at least 4 members (excludes halogenated alkanes) is 1. The van der Waals surface area contributed by atoms with Crippen LogP contribution in [0.25, 0.3) is 0 Å². The normalized spacial score (nSPS) is 32.7. The van der Waals surface area contributed by atoms with Gasteiger partial charge in [-0.25, -0.2) is 0 Å². The highest BCUT2D eigenvalue weighted by atomic mass is 16.6. The van der Waals surface area contributed by atoms with E-state index in [1.807, 2.05) is 13.8 Å². The number of hydrogen-bond acceptors (Lipinski definition) is 6. The van der Waals surface area contributed by atoms with Gasteiger partial charge in [0.1, 0.15) is 17.6 Å². The Bertz CT molecular complexity index is 770. The number of likely N-dealkylation sites (tertiary alicyclic amines) is 1. The minimum Gasteiger partial charge on any atom is -0.465 e. The molecule has 3 heterocycles. The van der Waals surface area contributed by atoms with Crippen LogP contribution in [-0.2, 0) is 23.9 Å². The summed E-state index contributed by atoms with van der Waals surface area (Å²) in [6.45, 7) is 12.1. The minimum absolute atomic E-state index is 0.0154. The Labute approximate surface area is 190 Å². The predicted octanol–water partition coefficient (Wildman–Crippen LogP) is 1.68. The molecule has 0 aliphatic carbocycles. The molecule has 8 heteroatoms. The summed E-state index contributed by atoms with van der Waals surface area (Å²) in [7, 11) is 0. The molecule has 1 N–H and O–H groups in total. The molecule has 0 radical (unpaired) electrons. The third kappa shape index (κ3) is 3.88. The van der Waals surface area contributed by atoms with Gasteiger partial charge in [0, 0.05) is 19.6 Å². The quantitative estimate of drug-likeness (QED) is 0.277. The number of esters is 1. The molecule has 32 heavy (non-hydrogen) atoms. The lowest BCUT2D eigenvalue weighted by molar-refractivity contribution is -0.160. The van der Waals surface area contributed by atoms with Crippen LogP contribution in [-0.4, -0.2) is 82.8 Å². The fraction of sp³-hybridized carbons (Fsp3) is 0.708. The Morgan fingerprint density at radius 2 is 2.09 bits per heavy atom. The average Bonchev–Trinajstić information content (AvgIpc) is 3.32. The topological polar surface area (TPSA) is 96.4 Å². The summed E-state index contributed by atoms with van der Waals surface area (Å²) in [6, 6.07) is -0.878. The molecule has 2 amide bonds. The van der Waals surface area contributed by atoms with E-state index in [0.29, 0.717) is 32.4 Å². The number of hydrogen-bond donors (Lipinski definition) is 1. The first-order valence-electron chi connectivity index (χ1n) is 11.6. The predicted molar refractivity (Wildman–Crippen MR) is 118 cm³/mol. The molecule has 8 nitrogen and oxygen atoms in total. The molecule has 5 atom stereocenters. The molecule has 3 aliphatic rings. The van der Waals surface area contributed by atoms with Crippen molar-refractivity contribution in [2.24, 2.45) is 11.8 Å². The second-order valence-electron chi connectivity index (χ2n) is 9.15. The van der Waals surface area contributed by atoms with Crippen LogP contribution in [0.4, 0.5) is 0 Å². The van der Waals surface area contributed by atoms with Gasteiger partial charge in [-0.05, 0) is 32.6 Å². The van der Waals surface area contributed by atoms with Crippen molar-refractivity contribution in [3.8, 4) is 0 Å². The van der Waals surface area contributed by atoms with E-state index in [-0.39, 0.29) is 31.6 Å². The van der Waals surface area contributed by atoms with Crippen LogP contribution < -0.4 is 0 Å². The molecular formula is C24H36N2O6. The van der Waals surface area contributed by atoms with Crippen LogP contribution in [0.5, 0.6) is 0 Å². The summed E-state index contributed by atoms with van der Waals surface area (Å²) < 4.78 is 11.9. The molecule has 0 saturated carbocycles. The zero-order valence-electron chi connectivity index (χ0n) is 19.3. The summed E-state index contributed by atoms with van der Waals surface area (Å²) in [6.07, 6.45) is 6.67. The standard InChI is InChI=1S/C24H36N2O6/c1-5-8-13-25(12-7-3)21(29)19-24-11-10-23(4,32-24)18(22(30)31-16-9-6-2)17(24)20(28)26(19)14-15-27/h6-7,17-19,27H,2-3,5,8-16H2,1,4H3/t17-,18-,19?,23+,24?/m0/s1. The molecule has 1 spiro atoms. The smallest absolute Gasteiger partial charge is 0.312 e. The summed E-state index contributed by atoms with van der Waals surface area (Å²) in [5.74, 6) is -2.58. The Kier molecular flexibility index (Phi) is 7.45. The van der Waals surface area contributed by atoms with Gasteiger partial charge in [-0.15, -0.1) is 13.2 Å². The Balaban J connectivity index is 1.98. The molecule has 3 fully saturated rings. The van der Waals surface area contributed by atoms with Gasteiger partial charge < -0.3 is 24.4 Å². The molecular weight excluding hydrogens is 412 g/mol. The van der Waals surface area contributed by atoms with Gasteiger partial charge in [-0.2, -0.15) is 0 Å². The number of ether oxygens (including phenoxy) is 2. The molecule has 2 unspecified atom stereocenters. The van der Waals surface area contributed by atoms with Crippen molar-refractivity contribution in [1.82, 2.24) is 9.80 Å². The maximum Gasteiger partial charge on any atom is 0.312 e. The first-order chi connectivity index (χ1) is 15.3. The number of aliphatic hydroxyl groups is 1. The van der Waals surface area contributed by atoms with Crippen molar-refractivity contribution in [3.05, 3.63) is 25.3 Å². The fourth-order valence-corrected chi connectivity index (χ4v) is 5.71. The third-order valence-electron chi connectivity index (χ3n) is 7.11. The number of carbonyl (C=O) groups is 3. The number of amides is 2. The second-order valence-corrected chi connectivity index (χ2v) is 9.15. The average molecular weight is 449 g/mol. The van der Waals surface area contributed by atoms with E-state index in [1.54, 1.807) is 17.1 Å². The zero-order chi connectivity index (χ0) is 23.5. The molecule has 0 aromatic rings. The highest BCUT2D eigenvalue weighted by Gasteiger charge is 2.78. The number of fused-ring (bicyclic) bond motifs is 1. The first-order valence-corrected chi connectivity index (χ1v) is 11.6. The number of aliphatic hydroxyl groups excluding tert-OH is 1. The molecule has 3 rings (SSSR count). The number of β-amino-alcohol motifs (C(OH)–C–C–N with tert-alkyl or cyclic N) is 1. The van der Waals surface area contributed by atoms with E-state index < -0.39 is 35.0 Å². The van der Waals surface area contributed by atoms with Gasteiger partial charge >= 0.3 is 5.97 Å². The SMILES string of the molecule is C=CCCOC(=O)[C@@H]1[C@H]2C(=O)N(CCO)C(C(=O)N(CC=C)CCCC)C23CC[C@@]1(C)O3. The van der Waals surface area contributed by atoms with Gasteiger partial charge in [-0.1, -0.05) is 25.5 Å². The van der Waals surface area contributed by atoms with Crippen molar-refractivity contribution in [2.75, 3.05) is 32.8 Å². The van der Waals surface area contributed by atoms with E-state index in [0.717, 1.165) is 12.8 Å². The summed E-state index contributed by atoms with van der Waals surface area (Å²) in [5, 5.41) is 9.65. The fourth-order valence-electron chi connectivity index (χ4n) is 5.71. The monoisotopic (exact) mass is 448 g/mol. The Morgan fingerprint density at radius 1 is 1.34 bits per heavy atom.